The molecule has 2 aromatic carbocycles. The van der Waals surface area contributed by atoms with Gasteiger partial charge >= 0.3 is 6.61 Å². The lowest BCUT2D eigenvalue weighted by Gasteiger charge is -2.33. The fraction of sp³-hybridized carbons (Fsp3) is 0.273. The fourth-order valence-electron chi connectivity index (χ4n) is 4.02. The molecule has 0 bridgehead atoms. The van der Waals surface area contributed by atoms with Gasteiger partial charge in [-0.05, 0) is 49.7 Å². The Morgan fingerprint density at radius 3 is 2.34 bits per heavy atom. The lowest BCUT2D eigenvalue weighted by atomic mass is 9.95. The fourth-order valence-corrected chi connectivity index (χ4v) is 4.02. The quantitative estimate of drug-likeness (QED) is 0.420. The minimum absolute atomic E-state index is 0.0568. The third kappa shape index (κ3) is 3.80. The number of ether oxygens (including phenoxy) is 1. The summed E-state index contributed by atoms with van der Waals surface area (Å²) < 4.78 is 71.3. The van der Waals surface area contributed by atoms with Crippen LogP contribution >= 0.6 is 0 Å². The Morgan fingerprint density at radius 1 is 1.12 bits per heavy atom. The van der Waals surface area contributed by atoms with Gasteiger partial charge in [-0.2, -0.15) is 13.9 Å². The molecule has 5 nitrogen and oxygen atoms in total. The van der Waals surface area contributed by atoms with Gasteiger partial charge in [0.15, 0.2) is 17.5 Å². The maximum Gasteiger partial charge on any atom is 0.387 e. The third-order valence-corrected chi connectivity index (χ3v) is 5.49. The highest BCUT2D eigenvalue weighted by Crippen LogP contribution is 2.37. The molecular weight excluding hydrogens is 433 g/mol. The topological polar surface area (TPSA) is 47.4 Å². The van der Waals surface area contributed by atoms with Gasteiger partial charge in [0, 0.05) is 30.3 Å². The van der Waals surface area contributed by atoms with Crippen LogP contribution in [0.5, 0.6) is 5.75 Å². The van der Waals surface area contributed by atoms with E-state index in [1.807, 2.05) is 0 Å². The molecule has 2 heterocycles. The number of carbonyl (C=O) groups excluding carboxylic acids is 1. The predicted molar refractivity (Wildman–Crippen MR) is 105 cm³/mol. The third-order valence-electron chi connectivity index (χ3n) is 5.49. The van der Waals surface area contributed by atoms with Gasteiger partial charge in [-0.1, -0.05) is 0 Å². The van der Waals surface area contributed by atoms with Crippen LogP contribution in [0.2, 0.25) is 0 Å². The molecule has 3 aromatic rings. The number of carbonyl (C=O) groups is 1. The molecule has 1 aliphatic rings. The molecule has 1 amide bonds. The summed E-state index contributed by atoms with van der Waals surface area (Å²) >= 11 is 0. The van der Waals surface area contributed by atoms with Gasteiger partial charge in [0.25, 0.3) is 5.91 Å². The second-order valence-electron chi connectivity index (χ2n) is 7.42. The van der Waals surface area contributed by atoms with Gasteiger partial charge in [0.05, 0.1) is 17.4 Å². The van der Waals surface area contributed by atoms with Crippen molar-refractivity contribution in [3.05, 3.63) is 70.7 Å². The number of benzene rings is 2. The summed E-state index contributed by atoms with van der Waals surface area (Å²) in [5, 5.41) is 4.44. The van der Waals surface area contributed by atoms with Gasteiger partial charge in [-0.25, -0.2) is 13.2 Å². The van der Waals surface area contributed by atoms with Crippen LogP contribution in [-0.4, -0.2) is 33.7 Å². The maximum atomic E-state index is 13.8. The van der Waals surface area contributed by atoms with Crippen LogP contribution in [0.3, 0.4) is 0 Å². The molecule has 0 N–H and O–H groups in total. The summed E-state index contributed by atoms with van der Waals surface area (Å²) in [4.78, 5) is 14.6. The molecule has 32 heavy (non-hydrogen) atoms. The molecule has 168 valence electrons. The standard InChI is InChI=1S/C22H18F5N3O2/c1-11-19-15(20(29(2)28-19)13-9-16(23)18(25)17(24)10-13)7-8-30(11)21(31)12-3-5-14(6-4-12)32-22(26)27/h3-6,9-11,22H,7-8H2,1-2H3/t11-/m0/s1. The van der Waals surface area contributed by atoms with E-state index in [0.717, 1.165) is 17.7 Å². The first-order valence-corrected chi connectivity index (χ1v) is 9.74. The molecule has 0 aliphatic carbocycles. The largest absolute Gasteiger partial charge is 0.435 e. The minimum atomic E-state index is -2.96. The number of hydrogen-bond donors (Lipinski definition) is 0. The van der Waals surface area contributed by atoms with E-state index >= 15 is 0 Å². The second-order valence-corrected chi connectivity index (χ2v) is 7.42. The van der Waals surface area contributed by atoms with Crippen molar-refractivity contribution in [2.45, 2.75) is 26.0 Å². The van der Waals surface area contributed by atoms with Crippen LogP contribution in [-0.2, 0) is 13.5 Å². The molecule has 0 radical (unpaired) electrons. The lowest BCUT2D eigenvalue weighted by Crippen LogP contribution is -2.38. The molecule has 0 saturated heterocycles. The van der Waals surface area contributed by atoms with E-state index in [-0.39, 0.29) is 17.2 Å². The molecule has 0 unspecified atom stereocenters. The van der Waals surface area contributed by atoms with Crippen molar-refractivity contribution in [2.75, 3.05) is 6.54 Å². The summed E-state index contributed by atoms with van der Waals surface area (Å²) in [6.45, 7) is -0.890. The molecule has 0 saturated carbocycles. The normalized spacial score (nSPS) is 15.8. The number of nitrogens with zero attached hydrogens (tertiary/aromatic N) is 3. The van der Waals surface area contributed by atoms with Crippen LogP contribution in [0.25, 0.3) is 11.3 Å². The second kappa shape index (κ2) is 8.25. The smallest absolute Gasteiger partial charge is 0.387 e. The number of hydrogen-bond acceptors (Lipinski definition) is 3. The summed E-state index contributed by atoms with van der Waals surface area (Å²) in [5.74, 6) is -4.51. The highest BCUT2D eigenvalue weighted by molar-refractivity contribution is 5.94. The Balaban J connectivity index is 1.63. The Kier molecular flexibility index (Phi) is 5.62. The van der Waals surface area contributed by atoms with Crippen molar-refractivity contribution in [2.24, 2.45) is 7.05 Å². The van der Waals surface area contributed by atoms with Crippen molar-refractivity contribution in [3.8, 4) is 17.0 Å². The number of amides is 1. The molecule has 1 atom stereocenters. The molecule has 0 fully saturated rings. The zero-order valence-corrected chi connectivity index (χ0v) is 17.1. The van der Waals surface area contributed by atoms with Crippen LogP contribution in [0.15, 0.2) is 36.4 Å². The van der Waals surface area contributed by atoms with Crippen molar-refractivity contribution in [1.82, 2.24) is 14.7 Å². The zero-order chi connectivity index (χ0) is 23.2. The van der Waals surface area contributed by atoms with Crippen molar-refractivity contribution in [1.29, 1.82) is 0 Å². The summed E-state index contributed by atoms with van der Waals surface area (Å²) in [6, 6.07) is 6.75. The number of aryl methyl sites for hydroxylation is 1. The van der Waals surface area contributed by atoms with Gasteiger partial charge < -0.3 is 9.64 Å². The van der Waals surface area contributed by atoms with Gasteiger partial charge in [0.2, 0.25) is 0 Å². The summed E-state index contributed by atoms with van der Waals surface area (Å²) in [6.07, 6.45) is 0.363. The molecule has 4 rings (SSSR count). The monoisotopic (exact) mass is 451 g/mol. The SMILES string of the molecule is C[C@H]1c2nn(C)c(-c3cc(F)c(F)c(F)c3)c2CCN1C(=O)c1ccc(OC(F)F)cc1. The Morgan fingerprint density at radius 2 is 1.75 bits per heavy atom. The van der Waals surface area contributed by atoms with Crippen molar-refractivity contribution < 1.29 is 31.5 Å². The van der Waals surface area contributed by atoms with Gasteiger partial charge in [-0.3, -0.25) is 9.48 Å². The first kappa shape index (κ1) is 21.8. The molecule has 10 heteroatoms. The Hall–Kier alpha value is -3.43. The Bertz CT molecular complexity index is 1150. The van der Waals surface area contributed by atoms with E-state index < -0.39 is 30.1 Å². The number of halogens is 5. The summed E-state index contributed by atoms with van der Waals surface area (Å²) in [5.41, 5.74) is 2.17. The predicted octanol–water partition coefficient (Wildman–Crippen LogP) is 4.87. The number of fused-ring (bicyclic) bond motifs is 1. The van der Waals surface area contributed by atoms with E-state index in [2.05, 4.69) is 9.84 Å². The number of aromatic nitrogens is 2. The first-order chi connectivity index (χ1) is 15.2. The van der Waals surface area contributed by atoms with Crippen LogP contribution in [0, 0.1) is 17.5 Å². The summed E-state index contributed by atoms with van der Waals surface area (Å²) in [7, 11) is 1.60. The van der Waals surface area contributed by atoms with Crippen LogP contribution in [0.1, 0.15) is 34.6 Å². The van der Waals surface area contributed by atoms with Crippen molar-refractivity contribution in [3.63, 3.8) is 0 Å². The lowest BCUT2D eigenvalue weighted by molar-refractivity contribution is -0.0498. The minimum Gasteiger partial charge on any atom is -0.435 e. The van der Waals surface area contributed by atoms with Gasteiger partial charge in [-0.15, -0.1) is 0 Å². The van der Waals surface area contributed by atoms with Crippen LogP contribution in [0.4, 0.5) is 22.0 Å². The number of alkyl halides is 2. The van der Waals surface area contributed by atoms with E-state index in [1.54, 1.807) is 18.9 Å². The average molecular weight is 451 g/mol. The maximum absolute atomic E-state index is 13.8. The van der Waals surface area contributed by atoms with Crippen LogP contribution < -0.4 is 4.74 Å². The van der Waals surface area contributed by atoms with E-state index in [4.69, 9.17) is 0 Å². The van der Waals surface area contributed by atoms with E-state index in [0.29, 0.717) is 29.9 Å². The van der Waals surface area contributed by atoms with E-state index in [9.17, 15) is 26.7 Å². The molecule has 1 aromatic heterocycles. The average Bonchev–Trinajstić information content (AvgIpc) is 3.08. The Labute approximate surface area is 180 Å². The first-order valence-electron chi connectivity index (χ1n) is 9.74. The zero-order valence-electron chi connectivity index (χ0n) is 17.1. The number of rotatable bonds is 4. The highest BCUT2D eigenvalue weighted by atomic mass is 19.3. The molecule has 0 spiro atoms. The van der Waals surface area contributed by atoms with Crippen molar-refractivity contribution >= 4 is 5.91 Å². The molecular formula is C22H18F5N3O2. The molecule has 1 aliphatic heterocycles. The van der Waals surface area contributed by atoms with E-state index in [1.165, 1.54) is 28.9 Å². The van der Waals surface area contributed by atoms with Gasteiger partial charge in [0.1, 0.15) is 5.75 Å². The highest BCUT2D eigenvalue weighted by Gasteiger charge is 2.33.